The number of hydrogen-bond acceptors (Lipinski definition) is 2. The molecule has 3 nitrogen and oxygen atoms in total. The first-order valence-corrected chi connectivity index (χ1v) is 6.08. The van der Waals surface area contributed by atoms with Crippen molar-refractivity contribution >= 4 is 6.72 Å². The number of hydrogen-bond donors (Lipinski definition) is 0. The zero-order valence-electron chi connectivity index (χ0n) is 10.8. The summed E-state index contributed by atoms with van der Waals surface area (Å²) in [5, 5.41) is 0. The van der Waals surface area contributed by atoms with Crippen molar-refractivity contribution in [2.24, 2.45) is 0 Å². The summed E-state index contributed by atoms with van der Waals surface area (Å²) in [6.45, 7) is 7.82. The van der Waals surface area contributed by atoms with Crippen molar-refractivity contribution in [2.45, 2.75) is 6.42 Å². The number of likely N-dealkylation sites (N-methyl/N-ethyl adjacent to an activating group) is 1. The normalized spacial score (nSPS) is 19.0. The summed E-state index contributed by atoms with van der Waals surface area (Å²) >= 11 is 0. The molecule has 0 saturated carbocycles. The van der Waals surface area contributed by atoms with Gasteiger partial charge in [-0.1, -0.05) is 0 Å². The Hall–Kier alpha value is -1.19. The standard InChI is InChI=1S/C14H21N2O/c1-15(9-10-17-3)11-12-5-4-6-14-13(12)7-8-16(14)2/h4-6H,2,7-11H2,1,3H3/q-1. The number of ether oxygens (including phenoxy) is 1. The zero-order valence-corrected chi connectivity index (χ0v) is 10.8. The van der Waals surface area contributed by atoms with Crippen LogP contribution in [-0.4, -0.2) is 56.6 Å². The summed E-state index contributed by atoms with van der Waals surface area (Å²) in [5.74, 6) is 0. The summed E-state index contributed by atoms with van der Waals surface area (Å²) < 4.78 is 7.19. The summed E-state index contributed by atoms with van der Waals surface area (Å²) in [7, 11) is 3.88. The highest BCUT2D eigenvalue weighted by atomic mass is 16.5. The SMILES string of the molecule is C=[N+]1CCC2=C(CN(C)CCOC)[CH-]C=C[C-]21. The quantitative estimate of drug-likeness (QED) is 0.525. The smallest absolute Gasteiger partial charge is 0.121 e. The van der Waals surface area contributed by atoms with E-state index in [1.807, 2.05) is 0 Å². The Labute approximate surface area is 104 Å². The fourth-order valence-corrected chi connectivity index (χ4v) is 2.34. The Morgan fingerprint density at radius 3 is 3.24 bits per heavy atom. The van der Waals surface area contributed by atoms with Crippen molar-refractivity contribution in [1.29, 1.82) is 0 Å². The molecule has 0 amide bonds. The molecule has 0 aromatic carbocycles. The molecule has 2 aliphatic rings. The second-order valence-corrected chi connectivity index (χ2v) is 4.66. The lowest BCUT2D eigenvalue weighted by Crippen LogP contribution is -2.26. The summed E-state index contributed by atoms with van der Waals surface area (Å²) in [5.41, 5.74) is 2.89. The monoisotopic (exact) mass is 233 g/mol. The molecule has 0 spiro atoms. The van der Waals surface area contributed by atoms with Gasteiger partial charge in [-0.3, -0.25) is 0 Å². The molecule has 0 bridgehead atoms. The number of methoxy groups -OCH3 is 1. The number of rotatable bonds is 5. The van der Waals surface area contributed by atoms with Crippen LogP contribution in [0.15, 0.2) is 23.3 Å². The van der Waals surface area contributed by atoms with Gasteiger partial charge in [-0.05, 0) is 20.0 Å². The third-order valence-electron chi connectivity index (χ3n) is 3.34. The van der Waals surface area contributed by atoms with Crippen LogP contribution in [0, 0.1) is 12.5 Å². The first-order chi connectivity index (χ1) is 8.22. The molecule has 0 radical (unpaired) electrons. The largest absolute Gasteiger partial charge is 0.383 e. The van der Waals surface area contributed by atoms with Gasteiger partial charge in [0.1, 0.15) is 6.54 Å². The summed E-state index contributed by atoms with van der Waals surface area (Å²) in [4.78, 5) is 2.30. The van der Waals surface area contributed by atoms with Crippen LogP contribution in [-0.2, 0) is 4.74 Å². The zero-order chi connectivity index (χ0) is 12.3. The average molecular weight is 233 g/mol. The third-order valence-corrected chi connectivity index (χ3v) is 3.34. The Balaban J connectivity index is 2.00. The van der Waals surface area contributed by atoms with Crippen LogP contribution in [0.1, 0.15) is 6.42 Å². The minimum atomic E-state index is 0.785. The number of fused-ring (bicyclic) bond motifs is 1. The van der Waals surface area contributed by atoms with E-state index < -0.39 is 0 Å². The first-order valence-electron chi connectivity index (χ1n) is 6.08. The number of allylic oxidation sites excluding steroid dienone is 1. The molecule has 1 heterocycles. The van der Waals surface area contributed by atoms with E-state index in [0.717, 1.165) is 32.7 Å². The van der Waals surface area contributed by atoms with Crippen molar-refractivity contribution in [1.82, 2.24) is 4.90 Å². The van der Waals surface area contributed by atoms with Gasteiger partial charge in [-0.25, -0.2) is 18.1 Å². The van der Waals surface area contributed by atoms with Crippen LogP contribution in [0.4, 0.5) is 0 Å². The lowest BCUT2D eigenvalue weighted by molar-refractivity contribution is -0.475. The Morgan fingerprint density at radius 2 is 2.47 bits per heavy atom. The molecule has 1 fully saturated rings. The Kier molecular flexibility index (Phi) is 3.92. The highest BCUT2D eigenvalue weighted by Crippen LogP contribution is 2.34. The molecule has 0 aromatic rings. The van der Waals surface area contributed by atoms with Gasteiger partial charge in [0.2, 0.25) is 0 Å². The van der Waals surface area contributed by atoms with Gasteiger partial charge in [-0.2, -0.15) is 11.6 Å². The van der Waals surface area contributed by atoms with E-state index in [4.69, 9.17) is 4.74 Å². The topological polar surface area (TPSA) is 15.5 Å². The molecule has 1 aliphatic heterocycles. The van der Waals surface area contributed by atoms with Crippen LogP contribution in [0.2, 0.25) is 0 Å². The Morgan fingerprint density at radius 1 is 1.65 bits per heavy atom. The molecular formula is C14H21N2O-. The predicted octanol–water partition coefficient (Wildman–Crippen LogP) is 1.28. The van der Waals surface area contributed by atoms with Crippen molar-refractivity contribution < 1.29 is 9.31 Å². The van der Waals surface area contributed by atoms with Crippen LogP contribution < -0.4 is 0 Å². The first kappa shape index (κ1) is 12.3. The maximum atomic E-state index is 5.10. The van der Waals surface area contributed by atoms with Crippen LogP contribution >= 0.6 is 0 Å². The Bertz CT molecular complexity index is 357. The van der Waals surface area contributed by atoms with E-state index in [1.165, 1.54) is 17.2 Å². The minimum absolute atomic E-state index is 0.785. The van der Waals surface area contributed by atoms with Gasteiger partial charge in [0.05, 0.1) is 13.3 Å². The highest BCUT2D eigenvalue weighted by Gasteiger charge is 2.20. The molecule has 1 saturated heterocycles. The molecule has 0 atom stereocenters. The van der Waals surface area contributed by atoms with Crippen molar-refractivity contribution in [3.63, 3.8) is 0 Å². The van der Waals surface area contributed by atoms with E-state index in [-0.39, 0.29) is 0 Å². The summed E-state index contributed by atoms with van der Waals surface area (Å²) in [6.07, 6.45) is 7.63. The van der Waals surface area contributed by atoms with Crippen molar-refractivity contribution in [3.8, 4) is 0 Å². The average Bonchev–Trinajstić information content (AvgIpc) is 2.70. The fraction of sp³-hybridized carbons (Fsp3) is 0.500. The van der Waals surface area contributed by atoms with Crippen LogP contribution in [0.5, 0.6) is 0 Å². The molecule has 94 valence electrons. The van der Waals surface area contributed by atoms with Gasteiger partial charge >= 0.3 is 0 Å². The van der Waals surface area contributed by atoms with E-state index >= 15 is 0 Å². The van der Waals surface area contributed by atoms with Gasteiger partial charge < -0.3 is 14.2 Å². The van der Waals surface area contributed by atoms with E-state index in [9.17, 15) is 0 Å². The maximum Gasteiger partial charge on any atom is 0.121 e. The van der Waals surface area contributed by atoms with Gasteiger partial charge in [-0.15, -0.1) is 0 Å². The summed E-state index contributed by atoms with van der Waals surface area (Å²) in [6, 6.07) is 1.29. The third kappa shape index (κ3) is 2.73. The molecule has 17 heavy (non-hydrogen) atoms. The van der Waals surface area contributed by atoms with E-state index in [2.05, 4.69) is 41.8 Å². The van der Waals surface area contributed by atoms with Crippen molar-refractivity contribution in [2.75, 3.05) is 40.4 Å². The number of nitrogens with zero attached hydrogens (tertiary/aromatic N) is 2. The van der Waals surface area contributed by atoms with Gasteiger partial charge in [0.15, 0.2) is 0 Å². The second-order valence-electron chi connectivity index (χ2n) is 4.66. The molecule has 2 rings (SSSR count). The molecule has 0 N–H and O–H groups in total. The second kappa shape index (κ2) is 5.43. The molecular weight excluding hydrogens is 212 g/mol. The molecule has 3 heteroatoms. The van der Waals surface area contributed by atoms with Crippen molar-refractivity contribution in [3.05, 3.63) is 35.8 Å². The molecule has 1 aliphatic carbocycles. The van der Waals surface area contributed by atoms with Gasteiger partial charge in [0, 0.05) is 19.7 Å². The maximum absolute atomic E-state index is 5.10. The van der Waals surface area contributed by atoms with E-state index in [0.29, 0.717) is 0 Å². The molecule has 0 aromatic heterocycles. The van der Waals surface area contributed by atoms with Crippen LogP contribution in [0.25, 0.3) is 0 Å². The fourth-order valence-electron chi connectivity index (χ4n) is 2.34. The lowest BCUT2D eigenvalue weighted by Gasteiger charge is -2.33. The van der Waals surface area contributed by atoms with Gasteiger partial charge in [0.25, 0.3) is 0 Å². The highest BCUT2D eigenvalue weighted by molar-refractivity contribution is 5.47. The minimum Gasteiger partial charge on any atom is -0.383 e. The van der Waals surface area contributed by atoms with E-state index in [1.54, 1.807) is 7.11 Å². The predicted molar refractivity (Wildman–Crippen MR) is 69.9 cm³/mol. The lowest BCUT2D eigenvalue weighted by atomic mass is 9.93. The molecule has 0 unspecified atom stereocenters. The van der Waals surface area contributed by atoms with Crippen LogP contribution in [0.3, 0.4) is 0 Å².